The van der Waals surface area contributed by atoms with E-state index in [2.05, 4.69) is 6.42 Å². The molecule has 0 amide bonds. The SMILES string of the molecule is Cl.Cl.[CH-]1CCCC1.[CH3-].[CH3-].[CH3-].[CH3-].[Ti]. The molecule has 12 heavy (non-hydrogen) atoms. The Balaban J connectivity index is -0.00000000714. The van der Waals surface area contributed by atoms with Gasteiger partial charge in [0.2, 0.25) is 0 Å². The van der Waals surface area contributed by atoms with Crippen molar-refractivity contribution in [1.82, 2.24) is 0 Å². The third-order valence-electron chi connectivity index (χ3n) is 1.07. The standard InChI is InChI=1S/C5H9.4CH3.2ClH.Ti/c1-2-4-5-3-1;;;;;;;/h1H,2-5H2;4*1H3;2*1H;/q5*-1;;;. The fourth-order valence-electron chi connectivity index (χ4n) is 0.722. The summed E-state index contributed by atoms with van der Waals surface area (Å²) in [5.41, 5.74) is 0. The van der Waals surface area contributed by atoms with Crippen LogP contribution in [0.3, 0.4) is 0 Å². The van der Waals surface area contributed by atoms with Gasteiger partial charge in [0.25, 0.3) is 0 Å². The molecule has 0 bridgehead atoms. The molecule has 0 spiro atoms. The molecule has 0 aromatic rings. The zero-order valence-corrected chi connectivity index (χ0v) is 11.9. The normalized spacial score (nSPS) is 10.0. The van der Waals surface area contributed by atoms with Gasteiger partial charge < -0.3 is 36.1 Å². The van der Waals surface area contributed by atoms with Crippen LogP contribution >= 0.6 is 24.8 Å². The minimum absolute atomic E-state index is 0. The van der Waals surface area contributed by atoms with Crippen molar-refractivity contribution in [3.05, 3.63) is 36.1 Å². The van der Waals surface area contributed by atoms with E-state index in [0.29, 0.717) is 0 Å². The largest absolute Gasteiger partial charge is 0.358 e. The molecular weight excluding hydrogens is 227 g/mol. The quantitative estimate of drug-likeness (QED) is 0.441. The Hall–Kier alpha value is 1.29. The predicted molar refractivity (Wildman–Crippen MR) is 62.9 cm³/mol. The Morgan fingerprint density at radius 2 is 0.917 bits per heavy atom. The summed E-state index contributed by atoms with van der Waals surface area (Å²) in [5.74, 6) is 0. The molecule has 1 saturated carbocycles. The molecule has 0 N–H and O–H groups in total. The zero-order chi connectivity index (χ0) is 3.54. The third-order valence-corrected chi connectivity index (χ3v) is 1.07. The Morgan fingerprint density at radius 3 is 1.00 bits per heavy atom. The van der Waals surface area contributed by atoms with Crippen LogP contribution in [0.4, 0.5) is 0 Å². The van der Waals surface area contributed by atoms with Crippen molar-refractivity contribution in [1.29, 1.82) is 0 Å². The van der Waals surface area contributed by atoms with Gasteiger partial charge in [-0.05, 0) is 0 Å². The average molecular weight is 250 g/mol. The van der Waals surface area contributed by atoms with Gasteiger partial charge >= 0.3 is 0 Å². The summed E-state index contributed by atoms with van der Waals surface area (Å²) >= 11 is 0. The second-order valence-corrected chi connectivity index (χ2v) is 1.57. The topological polar surface area (TPSA) is 0 Å². The molecule has 0 unspecified atom stereocenters. The first-order chi connectivity index (χ1) is 2.50. The van der Waals surface area contributed by atoms with E-state index < -0.39 is 0 Å². The van der Waals surface area contributed by atoms with Crippen LogP contribution in [-0.4, -0.2) is 0 Å². The van der Waals surface area contributed by atoms with Crippen molar-refractivity contribution in [2.24, 2.45) is 0 Å². The maximum Gasteiger partial charge on any atom is 0 e. The van der Waals surface area contributed by atoms with Crippen molar-refractivity contribution >= 4 is 24.8 Å². The second-order valence-electron chi connectivity index (χ2n) is 1.57. The van der Waals surface area contributed by atoms with Crippen LogP contribution in [-0.2, 0) is 21.7 Å². The van der Waals surface area contributed by atoms with Gasteiger partial charge in [-0.15, -0.1) is 24.8 Å². The van der Waals surface area contributed by atoms with E-state index in [1.807, 2.05) is 0 Å². The molecule has 0 heterocycles. The molecule has 1 rings (SSSR count). The van der Waals surface area contributed by atoms with Crippen LogP contribution in [0.5, 0.6) is 0 Å². The van der Waals surface area contributed by atoms with Crippen LogP contribution < -0.4 is 0 Å². The van der Waals surface area contributed by atoms with Crippen LogP contribution in [0.15, 0.2) is 0 Å². The van der Waals surface area contributed by atoms with Crippen molar-refractivity contribution in [2.45, 2.75) is 25.7 Å². The average Bonchev–Trinajstić information content (AvgIpc) is 1.76. The summed E-state index contributed by atoms with van der Waals surface area (Å²) in [6.45, 7) is 0. The molecule has 0 aromatic heterocycles. The Labute approximate surface area is 108 Å². The molecule has 0 nitrogen and oxygen atoms in total. The summed E-state index contributed by atoms with van der Waals surface area (Å²) in [5, 5.41) is 0. The van der Waals surface area contributed by atoms with Gasteiger partial charge in [0.15, 0.2) is 0 Å². The molecule has 0 atom stereocenters. The molecule has 1 aliphatic carbocycles. The second kappa shape index (κ2) is 39.6. The summed E-state index contributed by atoms with van der Waals surface area (Å²) < 4.78 is 0. The summed E-state index contributed by atoms with van der Waals surface area (Å²) in [6.07, 6.45) is 8.00. The molecule has 0 radical (unpaired) electrons. The molecule has 1 aliphatic rings. The van der Waals surface area contributed by atoms with E-state index in [9.17, 15) is 0 Å². The Bertz CT molecular complexity index is 24.1. The van der Waals surface area contributed by atoms with Gasteiger partial charge in [-0.1, -0.05) is 12.8 Å². The molecule has 0 saturated heterocycles. The van der Waals surface area contributed by atoms with Crippen molar-refractivity contribution < 1.29 is 21.7 Å². The minimum atomic E-state index is 0. The fourth-order valence-corrected chi connectivity index (χ4v) is 0.722. The van der Waals surface area contributed by atoms with E-state index >= 15 is 0 Å². The number of hydrogen-bond acceptors (Lipinski definition) is 0. The number of halogens is 2. The Morgan fingerprint density at radius 1 is 0.667 bits per heavy atom. The molecule has 82 valence electrons. The van der Waals surface area contributed by atoms with E-state index in [4.69, 9.17) is 0 Å². The van der Waals surface area contributed by atoms with Gasteiger partial charge in [-0.25, -0.2) is 0 Å². The molecule has 0 aromatic carbocycles. The van der Waals surface area contributed by atoms with E-state index in [1.165, 1.54) is 25.7 Å². The maximum atomic E-state index is 2.36. The summed E-state index contributed by atoms with van der Waals surface area (Å²) in [7, 11) is 0. The molecular formula is C9H23Cl2Ti-5. The predicted octanol–water partition coefficient (Wildman–Crippen LogP) is 4.41. The molecule has 0 aliphatic heterocycles. The van der Waals surface area contributed by atoms with Gasteiger partial charge in [-0.3, -0.25) is 0 Å². The first-order valence-electron chi connectivity index (χ1n) is 2.32. The zero-order valence-electron chi connectivity index (χ0n) is 8.72. The van der Waals surface area contributed by atoms with E-state index in [-0.39, 0.29) is 76.2 Å². The van der Waals surface area contributed by atoms with E-state index in [0.717, 1.165) is 0 Å². The Kier molecular flexibility index (Phi) is 167. The van der Waals surface area contributed by atoms with Gasteiger partial charge in [-0.2, -0.15) is 12.8 Å². The first kappa shape index (κ1) is 50.7. The molecule has 3 heteroatoms. The van der Waals surface area contributed by atoms with Gasteiger partial charge in [0.1, 0.15) is 0 Å². The van der Waals surface area contributed by atoms with Gasteiger partial charge in [0.05, 0.1) is 0 Å². The smallest absolute Gasteiger partial charge is 0 e. The van der Waals surface area contributed by atoms with Crippen LogP contribution in [0, 0.1) is 36.1 Å². The van der Waals surface area contributed by atoms with Crippen LogP contribution in [0.1, 0.15) is 25.7 Å². The fraction of sp³-hybridized carbons (Fsp3) is 0.444. The van der Waals surface area contributed by atoms with Crippen molar-refractivity contribution in [3.63, 3.8) is 0 Å². The van der Waals surface area contributed by atoms with Crippen molar-refractivity contribution in [2.75, 3.05) is 0 Å². The van der Waals surface area contributed by atoms with Gasteiger partial charge in [0, 0.05) is 21.7 Å². The maximum absolute atomic E-state index is 2.36. The number of rotatable bonds is 0. The first-order valence-corrected chi connectivity index (χ1v) is 2.32. The molecule has 1 fully saturated rings. The summed E-state index contributed by atoms with van der Waals surface area (Å²) in [6, 6.07) is 0. The minimum Gasteiger partial charge on any atom is -0.358 e. The monoisotopic (exact) mass is 249 g/mol. The summed E-state index contributed by atoms with van der Waals surface area (Å²) in [4.78, 5) is 0. The van der Waals surface area contributed by atoms with Crippen molar-refractivity contribution in [3.8, 4) is 0 Å². The van der Waals surface area contributed by atoms with Crippen LogP contribution in [0.2, 0.25) is 0 Å². The van der Waals surface area contributed by atoms with E-state index in [1.54, 1.807) is 0 Å². The number of hydrogen-bond donors (Lipinski definition) is 0. The third kappa shape index (κ3) is 30.2. The van der Waals surface area contributed by atoms with Crippen LogP contribution in [0.25, 0.3) is 0 Å².